The van der Waals surface area contributed by atoms with E-state index < -0.39 is 5.97 Å². The molecule has 1 aliphatic carbocycles. The standard InChI is InChI=1S/C25H29ClN4O4S2/c1-5-30-22(15(3)34-18-9-7-6-8-17(18)26)28-29-25(30)35-13-20(31)27-23-21(24(32)33-4)16-11-10-14(2)12-19(16)36-23/h6-9,14-15H,5,10-13H2,1-4H3,(H,27,31). The number of fused-ring (bicyclic) bond motifs is 1. The van der Waals surface area contributed by atoms with Crippen LogP contribution in [0, 0.1) is 5.92 Å². The summed E-state index contributed by atoms with van der Waals surface area (Å²) in [5.41, 5.74) is 1.50. The topological polar surface area (TPSA) is 95.3 Å². The molecule has 2 unspecified atom stereocenters. The van der Waals surface area contributed by atoms with Crippen molar-refractivity contribution in [2.75, 3.05) is 18.2 Å². The molecule has 3 aromatic rings. The van der Waals surface area contributed by atoms with Crippen LogP contribution in [0.4, 0.5) is 5.00 Å². The van der Waals surface area contributed by atoms with Crippen molar-refractivity contribution in [3.8, 4) is 5.75 Å². The number of nitrogens with one attached hydrogen (secondary N) is 1. The van der Waals surface area contributed by atoms with Crippen LogP contribution in [0.25, 0.3) is 0 Å². The lowest BCUT2D eigenvalue weighted by Crippen LogP contribution is -2.17. The molecule has 1 amide bonds. The minimum absolute atomic E-state index is 0.122. The predicted molar refractivity (Wildman–Crippen MR) is 142 cm³/mol. The number of para-hydroxylation sites is 1. The van der Waals surface area contributed by atoms with Crippen LogP contribution >= 0.6 is 34.7 Å². The van der Waals surface area contributed by atoms with Gasteiger partial charge in [0.2, 0.25) is 5.91 Å². The highest BCUT2D eigenvalue weighted by Crippen LogP contribution is 2.40. The highest BCUT2D eigenvalue weighted by molar-refractivity contribution is 7.99. The molecule has 0 saturated carbocycles. The molecule has 4 rings (SSSR count). The number of rotatable bonds is 9. The summed E-state index contributed by atoms with van der Waals surface area (Å²) >= 11 is 8.98. The SMILES string of the molecule is CCn1c(SCC(=O)Nc2sc3c(c2C(=O)OC)CCC(C)C3)nnc1C(C)Oc1ccccc1Cl. The van der Waals surface area contributed by atoms with E-state index in [-0.39, 0.29) is 17.8 Å². The van der Waals surface area contributed by atoms with Crippen LogP contribution in [0.5, 0.6) is 5.75 Å². The molecule has 0 fully saturated rings. The number of esters is 1. The number of ether oxygens (including phenoxy) is 2. The number of carbonyl (C=O) groups excluding carboxylic acids is 2. The second kappa shape index (κ2) is 11.7. The molecule has 1 aliphatic rings. The summed E-state index contributed by atoms with van der Waals surface area (Å²) in [4.78, 5) is 26.5. The van der Waals surface area contributed by atoms with Gasteiger partial charge >= 0.3 is 5.97 Å². The van der Waals surface area contributed by atoms with Crippen LogP contribution in [0.2, 0.25) is 5.02 Å². The Morgan fingerprint density at radius 1 is 1.33 bits per heavy atom. The van der Waals surface area contributed by atoms with E-state index in [0.29, 0.717) is 44.8 Å². The normalized spacial score (nSPS) is 15.8. The zero-order chi connectivity index (χ0) is 25.8. The maximum Gasteiger partial charge on any atom is 0.341 e. The molecule has 0 spiro atoms. The van der Waals surface area contributed by atoms with Gasteiger partial charge in [-0.25, -0.2) is 4.79 Å². The first kappa shape index (κ1) is 26.5. The number of benzene rings is 1. The molecule has 2 aromatic heterocycles. The molecule has 1 aromatic carbocycles. The van der Waals surface area contributed by atoms with E-state index in [1.807, 2.05) is 30.5 Å². The van der Waals surface area contributed by atoms with Gasteiger partial charge in [-0.15, -0.1) is 21.5 Å². The summed E-state index contributed by atoms with van der Waals surface area (Å²) < 4.78 is 12.9. The van der Waals surface area contributed by atoms with E-state index in [1.54, 1.807) is 12.1 Å². The van der Waals surface area contributed by atoms with Gasteiger partial charge in [-0.2, -0.15) is 0 Å². The fraction of sp³-hybridized carbons (Fsp3) is 0.440. The first-order valence-corrected chi connectivity index (χ1v) is 14.0. The Kier molecular flexibility index (Phi) is 8.58. The van der Waals surface area contributed by atoms with Crippen molar-refractivity contribution in [1.82, 2.24) is 14.8 Å². The molecule has 2 atom stereocenters. The lowest BCUT2D eigenvalue weighted by atomic mass is 9.88. The minimum Gasteiger partial charge on any atom is -0.481 e. The second-order valence-electron chi connectivity index (χ2n) is 8.66. The van der Waals surface area contributed by atoms with E-state index in [0.717, 1.165) is 29.7 Å². The summed E-state index contributed by atoms with van der Waals surface area (Å²) in [6.07, 6.45) is 2.36. The predicted octanol–water partition coefficient (Wildman–Crippen LogP) is 5.80. The van der Waals surface area contributed by atoms with Crippen molar-refractivity contribution in [1.29, 1.82) is 0 Å². The number of carbonyl (C=O) groups is 2. The molecule has 0 bridgehead atoms. The average Bonchev–Trinajstić information content (AvgIpc) is 3.43. The Bertz CT molecular complexity index is 1260. The zero-order valence-electron chi connectivity index (χ0n) is 20.7. The Hall–Kier alpha value is -2.56. The molecule has 1 N–H and O–H groups in total. The van der Waals surface area contributed by atoms with Gasteiger partial charge in [-0.05, 0) is 56.7 Å². The smallest absolute Gasteiger partial charge is 0.341 e. The quantitative estimate of drug-likeness (QED) is 0.267. The van der Waals surface area contributed by atoms with E-state index in [9.17, 15) is 9.59 Å². The lowest BCUT2D eigenvalue weighted by Gasteiger charge is -2.18. The first-order chi connectivity index (χ1) is 17.3. The molecular weight excluding hydrogens is 520 g/mol. The zero-order valence-corrected chi connectivity index (χ0v) is 23.1. The molecular formula is C25H29ClN4O4S2. The van der Waals surface area contributed by atoms with Gasteiger partial charge in [0, 0.05) is 11.4 Å². The van der Waals surface area contributed by atoms with Gasteiger partial charge in [-0.1, -0.05) is 42.4 Å². The number of hydrogen-bond acceptors (Lipinski definition) is 8. The monoisotopic (exact) mass is 548 g/mol. The number of hydrogen-bond donors (Lipinski definition) is 1. The maximum atomic E-state index is 12.9. The Morgan fingerprint density at radius 2 is 2.11 bits per heavy atom. The van der Waals surface area contributed by atoms with Crippen LogP contribution in [0.3, 0.4) is 0 Å². The number of methoxy groups -OCH3 is 1. The highest BCUT2D eigenvalue weighted by atomic mass is 35.5. The fourth-order valence-electron chi connectivity index (χ4n) is 4.24. The van der Waals surface area contributed by atoms with Crippen molar-refractivity contribution >= 4 is 51.6 Å². The second-order valence-corrected chi connectivity index (χ2v) is 11.1. The van der Waals surface area contributed by atoms with Crippen LogP contribution in [0.1, 0.15) is 59.9 Å². The number of thiophene rings is 1. The maximum absolute atomic E-state index is 12.9. The van der Waals surface area contributed by atoms with Crippen molar-refractivity contribution in [3.63, 3.8) is 0 Å². The Labute approximate surface area is 223 Å². The summed E-state index contributed by atoms with van der Waals surface area (Å²) in [5.74, 6) is 1.27. The summed E-state index contributed by atoms with van der Waals surface area (Å²) in [6, 6.07) is 7.27. The molecule has 8 nitrogen and oxygen atoms in total. The molecule has 36 heavy (non-hydrogen) atoms. The number of anilines is 1. The minimum atomic E-state index is -0.409. The number of aromatic nitrogens is 3. The fourth-order valence-corrected chi connectivity index (χ4v) is 6.64. The van der Waals surface area contributed by atoms with Crippen LogP contribution in [-0.4, -0.2) is 39.5 Å². The molecule has 0 radical (unpaired) electrons. The van der Waals surface area contributed by atoms with Crippen LogP contribution in [-0.2, 0) is 28.9 Å². The van der Waals surface area contributed by atoms with E-state index >= 15 is 0 Å². The molecule has 0 saturated heterocycles. The Balaban J connectivity index is 1.44. The molecule has 11 heteroatoms. The molecule has 2 heterocycles. The lowest BCUT2D eigenvalue weighted by molar-refractivity contribution is -0.113. The third kappa shape index (κ3) is 5.71. The summed E-state index contributed by atoms with van der Waals surface area (Å²) in [5, 5.41) is 13.2. The van der Waals surface area contributed by atoms with Crippen molar-refractivity contribution in [2.45, 2.75) is 57.8 Å². The first-order valence-electron chi connectivity index (χ1n) is 11.8. The molecule has 192 valence electrons. The number of halogens is 1. The van der Waals surface area contributed by atoms with E-state index in [4.69, 9.17) is 21.1 Å². The molecule has 0 aliphatic heterocycles. The summed E-state index contributed by atoms with van der Waals surface area (Å²) in [6.45, 7) is 6.69. The van der Waals surface area contributed by atoms with E-state index in [2.05, 4.69) is 22.4 Å². The number of thioether (sulfide) groups is 1. The van der Waals surface area contributed by atoms with Crippen LogP contribution < -0.4 is 10.1 Å². The largest absolute Gasteiger partial charge is 0.481 e. The third-order valence-electron chi connectivity index (χ3n) is 6.05. The van der Waals surface area contributed by atoms with Gasteiger partial charge in [0.25, 0.3) is 0 Å². The number of amides is 1. The van der Waals surface area contributed by atoms with Gasteiger partial charge in [0.05, 0.1) is 23.4 Å². The van der Waals surface area contributed by atoms with Gasteiger partial charge in [-0.3, -0.25) is 4.79 Å². The van der Waals surface area contributed by atoms with Crippen molar-refractivity contribution < 1.29 is 19.1 Å². The van der Waals surface area contributed by atoms with Gasteiger partial charge in [0.1, 0.15) is 10.8 Å². The Morgan fingerprint density at radius 3 is 2.83 bits per heavy atom. The van der Waals surface area contributed by atoms with Gasteiger partial charge < -0.3 is 19.4 Å². The van der Waals surface area contributed by atoms with Crippen molar-refractivity contribution in [2.24, 2.45) is 5.92 Å². The van der Waals surface area contributed by atoms with E-state index in [1.165, 1.54) is 30.2 Å². The van der Waals surface area contributed by atoms with Crippen molar-refractivity contribution in [3.05, 3.63) is 51.1 Å². The highest BCUT2D eigenvalue weighted by Gasteiger charge is 2.29. The van der Waals surface area contributed by atoms with Gasteiger partial charge in [0.15, 0.2) is 17.1 Å². The average molecular weight is 549 g/mol. The van der Waals surface area contributed by atoms with Crippen LogP contribution in [0.15, 0.2) is 29.4 Å². The summed E-state index contributed by atoms with van der Waals surface area (Å²) in [7, 11) is 1.37. The number of nitrogens with zero attached hydrogens (tertiary/aromatic N) is 3. The third-order valence-corrected chi connectivity index (χ3v) is 8.50.